The third-order valence-corrected chi connectivity index (χ3v) is 4.72. The van der Waals surface area contributed by atoms with Gasteiger partial charge in [-0.05, 0) is 31.9 Å². The van der Waals surface area contributed by atoms with Gasteiger partial charge in [-0.2, -0.15) is 9.94 Å². The lowest BCUT2D eigenvalue weighted by Crippen LogP contribution is -2.33. The van der Waals surface area contributed by atoms with Crippen molar-refractivity contribution in [2.75, 3.05) is 0 Å². The Balaban J connectivity index is 2.17. The molecule has 0 bridgehead atoms. The zero-order valence-corrected chi connectivity index (χ0v) is 21.2. The average molecular weight is 573 g/mol. The molecule has 0 amide bonds. The van der Waals surface area contributed by atoms with E-state index in [0.717, 1.165) is 19.1 Å². The number of carbonyl (C=O) groups excluding carboxylic acids is 1. The molecule has 0 fully saturated rings. The van der Waals surface area contributed by atoms with Crippen LogP contribution in [0.1, 0.15) is 62.6 Å². The Morgan fingerprint density at radius 1 is 1.21 bits per heavy atom. The molecule has 0 saturated carbocycles. The number of nitrogens with one attached hydrogen (secondary N) is 1. The zero-order chi connectivity index (χ0) is 34.9. The van der Waals surface area contributed by atoms with E-state index in [9.17, 15) is 14.4 Å². The van der Waals surface area contributed by atoms with Crippen molar-refractivity contribution in [1.82, 2.24) is 25.0 Å². The van der Waals surface area contributed by atoms with E-state index in [1.54, 1.807) is 0 Å². The summed E-state index contributed by atoms with van der Waals surface area (Å²) < 4.78 is 85.9. The summed E-state index contributed by atoms with van der Waals surface area (Å²) in [6.45, 7) is -3.08. The summed E-state index contributed by atoms with van der Waals surface area (Å²) in [7, 11) is 0. The van der Waals surface area contributed by atoms with Gasteiger partial charge in [-0.25, -0.2) is 9.59 Å². The van der Waals surface area contributed by atoms with Gasteiger partial charge in [0.1, 0.15) is 6.07 Å². The van der Waals surface area contributed by atoms with Crippen LogP contribution in [-0.2, 0) is 9.47 Å². The molecule has 200 valence electrons. The highest BCUT2D eigenvalue weighted by atomic mass is 35.5. The molecular weight excluding hydrogens is 543 g/mol. The van der Waals surface area contributed by atoms with Crippen molar-refractivity contribution >= 4 is 29.4 Å². The van der Waals surface area contributed by atoms with Crippen LogP contribution >= 0.6 is 23.2 Å². The first-order valence-electron chi connectivity index (χ1n) is 14.3. The zero-order valence-electron chi connectivity index (χ0n) is 27.7. The summed E-state index contributed by atoms with van der Waals surface area (Å²) in [4.78, 5) is 37.8. The summed E-state index contributed by atoms with van der Waals surface area (Å²) in [6, 6.07) is 2.52. The number of benzene rings is 1. The van der Waals surface area contributed by atoms with Crippen LogP contribution in [0.3, 0.4) is 0 Å². The standard InChI is InChI=1S/C23H22Cl2N6O7/c1-10(2)14-8-18(28-29-21(14)36-12(5)37-23(34)35-11(3)4)38-19-15(24)6-13(7-16(19)25)31-22(33)27-20(32)17(9-26)30-31/h6-8,10-12H,1-5H3,(H,27,32,33)/i1D3,2D3,8D,10D. The van der Waals surface area contributed by atoms with Crippen LogP contribution < -0.4 is 20.7 Å². The van der Waals surface area contributed by atoms with Gasteiger partial charge in [0.05, 0.1) is 23.2 Å². The van der Waals surface area contributed by atoms with E-state index >= 15 is 0 Å². The number of aromatic nitrogens is 5. The van der Waals surface area contributed by atoms with Gasteiger partial charge >= 0.3 is 11.8 Å². The van der Waals surface area contributed by atoms with E-state index in [4.69, 9.17) is 58.4 Å². The fraction of sp³-hybridized carbons (Fsp3) is 0.348. The number of ether oxygens (including phenoxy) is 4. The molecule has 1 N–H and O–H groups in total. The van der Waals surface area contributed by atoms with Gasteiger partial charge in [0.15, 0.2) is 5.75 Å². The molecule has 1 aromatic carbocycles. The molecule has 13 nitrogen and oxygen atoms in total. The van der Waals surface area contributed by atoms with E-state index in [0.29, 0.717) is 4.68 Å². The van der Waals surface area contributed by atoms with E-state index in [2.05, 4.69) is 15.3 Å². The van der Waals surface area contributed by atoms with Crippen LogP contribution in [-0.4, -0.2) is 43.5 Å². The number of hydrogen-bond donors (Lipinski definition) is 1. The van der Waals surface area contributed by atoms with Crippen LogP contribution in [0.15, 0.2) is 27.8 Å². The molecule has 0 aliphatic carbocycles. The fourth-order valence-corrected chi connectivity index (χ4v) is 3.22. The van der Waals surface area contributed by atoms with Gasteiger partial charge in [-0.3, -0.25) is 9.78 Å². The Morgan fingerprint density at radius 3 is 2.50 bits per heavy atom. The van der Waals surface area contributed by atoms with Crippen molar-refractivity contribution in [2.45, 2.75) is 52.8 Å². The fourth-order valence-electron chi connectivity index (χ4n) is 2.67. The lowest BCUT2D eigenvalue weighted by molar-refractivity contribution is -0.0631. The number of halogens is 2. The second-order valence-electron chi connectivity index (χ2n) is 7.38. The number of nitrogens with zero attached hydrogens (tertiary/aromatic N) is 5. The van der Waals surface area contributed by atoms with Gasteiger partial charge in [0.2, 0.25) is 23.7 Å². The molecule has 0 radical (unpaired) electrons. The maximum Gasteiger partial charge on any atom is 0.511 e. The van der Waals surface area contributed by atoms with Gasteiger partial charge in [-0.1, -0.05) is 36.9 Å². The third-order valence-electron chi connectivity index (χ3n) is 4.16. The highest BCUT2D eigenvalue weighted by Crippen LogP contribution is 2.38. The third kappa shape index (κ3) is 6.78. The predicted octanol–water partition coefficient (Wildman–Crippen LogP) is 4.09. The number of hydrogen-bond acceptors (Lipinski definition) is 11. The summed E-state index contributed by atoms with van der Waals surface area (Å²) in [5, 5.41) is 19.2. The highest BCUT2D eigenvalue weighted by molar-refractivity contribution is 6.37. The first-order chi connectivity index (χ1) is 21.1. The number of aromatic amines is 1. The van der Waals surface area contributed by atoms with Crippen LogP contribution in [0.4, 0.5) is 4.79 Å². The molecule has 0 aliphatic heterocycles. The molecule has 1 atom stereocenters. The van der Waals surface area contributed by atoms with Gasteiger partial charge in [0, 0.05) is 28.1 Å². The summed E-state index contributed by atoms with van der Waals surface area (Å²) in [5.74, 6) is -5.89. The van der Waals surface area contributed by atoms with E-state index in [1.807, 2.05) is 4.98 Å². The highest BCUT2D eigenvalue weighted by Gasteiger charge is 2.21. The minimum absolute atomic E-state index is 0.151. The number of nitriles is 1. The predicted molar refractivity (Wildman–Crippen MR) is 134 cm³/mol. The van der Waals surface area contributed by atoms with E-state index in [1.165, 1.54) is 19.9 Å². The largest absolute Gasteiger partial charge is 0.511 e. The Labute approximate surface area is 237 Å². The van der Waals surface area contributed by atoms with Crippen molar-refractivity contribution in [1.29, 1.82) is 5.26 Å². The van der Waals surface area contributed by atoms with E-state index < -0.39 is 84.2 Å². The normalized spacial score (nSPS) is 15.7. The quantitative estimate of drug-likeness (QED) is 0.304. The molecule has 1 unspecified atom stereocenters. The summed E-state index contributed by atoms with van der Waals surface area (Å²) in [6.07, 6.45) is -3.40. The summed E-state index contributed by atoms with van der Waals surface area (Å²) in [5.41, 5.74) is -4.04. The van der Waals surface area contributed by atoms with E-state index in [-0.39, 0.29) is 15.7 Å². The molecule has 0 saturated heterocycles. The molecule has 38 heavy (non-hydrogen) atoms. The second-order valence-corrected chi connectivity index (χ2v) is 8.19. The Kier molecular flexibility index (Phi) is 5.96. The maximum absolute atomic E-state index is 12.3. The monoisotopic (exact) mass is 572 g/mol. The molecule has 2 aromatic heterocycles. The van der Waals surface area contributed by atoms with Crippen molar-refractivity contribution in [3.8, 4) is 29.3 Å². The number of rotatable bonds is 8. The maximum atomic E-state index is 12.3. The van der Waals surface area contributed by atoms with Crippen LogP contribution in [0.5, 0.6) is 17.5 Å². The van der Waals surface area contributed by atoms with Crippen LogP contribution in [0, 0.1) is 11.3 Å². The lowest BCUT2D eigenvalue weighted by atomic mass is 10.1. The van der Waals surface area contributed by atoms with Crippen molar-refractivity contribution < 1.29 is 34.7 Å². The minimum atomic E-state index is -3.64. The van der Waals surface area contributed by atoms with Crippen molar-refractivity contribution in [2.24, 2.45) is 0 Å². The van der Waals surface area contributed by atoms with Crippen molar-refractivity contribution in [3.63, 3.8) is 0 Å². The number of carbonyl (C=O) groups is 1. The Hall–Kier alpha value is -4.15. The molecule has 0 spiro atoms. The smallest absolute Gasteiger partial charge is 0.436 e. The molecule has 15 heteroatoms. The molecule has 2 heterocycles. The minimum Gasteiger partial charge on any atom is -0.436 e. The average Bonchev–Trinajstić information content (AvgIpc) is 2.89. The summed E-state index contributed by atoms with van der Waals surface area (Å²) >= 11 is 12.6. The first-order valence-corrected chi connectivity index (χ1v) is 11.1. The SMILES string of the molecule is [2H]c1c(Oc2c(Cl)cc(-n3nc(C#N)c(=O)[nH]c3=O)cc2Cl)nnc(OC(C)OC(=O)OC(C)C)c1C([2H])(C([2H])([2H])[2H])C([2H])([2H])[2H]. The van der Waals surface area contributed by atoms with Gasteiger partial charge < -0.3 is 18.9 Å². The molecule has 3 aromatic rings. The Morgan fingerprint density at radius 2 is 1.89 bits per heavy atom. The van der Waals surface area contributed by atoms with Gasteiger partial charge in [0.25, 0.3) is 5.56 Å². The van der Waals surface area contributed by atoms with Crippen LogP contribution in [0.25, 0.3) is 5.69 Å². The van der Waals surface area contributed by atoms with Crippen LogP contribution in [0.2, 0.25) is 10.0 Å². The Bertz CT molecular complexity index is 1790. The number of H-pyrrole nitrogens is 1. The topological polar surface area (TPSA) is 171 Å². The lowest BCUT2D eigenvalue weighted by Gasteiger charge is -2.18. The van der Waals surface area contributed by atoms with Gasteiger partial charge in [-0.15, -0.1) is 15.3 Å². The van der Waals surface area contributed by atoms with Crippen molar-refractivity contribution in [3.05, 3.63) is 60.3 Å². The molecular formula is C23H22Cl2N6O7. The first kappa shape index (κ1) is 19.0. The molecule has 3 rings (SSSR count). The second kappa shape index (κ2) is 11.9. The molecule has 0 aliphatic rings.